The number of carbonyl (C=O) groups excluding carboxylic acids is 1. The van der Waals surface area contributed by atoms with Gasteiger partial charge in [-0.2, -0.15) is 0 Å². The number of halogens is 2. The van der Waals surface area contributed by atoms with Crippen LogP contribution < -0.4 is 10.3 Å². The summed E-state index contributed by atoms with van der Waals surface area (Å²) in [4.78, 5) is 24.1. The van der Waals surface area contributed by atoms with Crippen molar-refractivity contribution in [2.24, 2.45) is 7.05 Å². The van der Waals surface area contributed by atoms with Crippen LogP contribution in [0.25, 0.3) is 10.9 Å². The average molecular weight is 378 g/mol. The van der Waals surface area contributed by atoms with Crippen LogP contribution in [0.1, 0.15) is 10.4 Å². The van der Waals surface area contributed by atoms with Crippen LogP contribution in [0.5, 0.6) is 17.2 Å². The summed E-state index contributed by atoms with van der Waals surface area (Å²) >= 11 is 5.73. The van der Waals surface area contributed by atoms with E-state index in [1.54, 1.807) is 0 Å². The number of methoxy groups -OCH3 is 1. The summed E-state index contributed by atoms with van der Waals surface area (Å²) in [5.74, 6) is -2.01. The van der Waals surface area contributed by atoms with E-state index in [0.29, 0.717) is 5.52 Å². The fraction of sp³-hybridized carbons (Fsp3) is 0.111. The number of hydrogen-bond acceptors (Lipinski definition) is 5. The van der Waals surface area contributed by atoms with Gasteiger partial charge < -0.3 is 19.1 Å². The molecule has 0 saturated heterocycles. The SMILES string of the molecule is COC(=O)c1c(O)c2ccc(Oc3cccc(Cl)c3F)cc2n(C)c1=O. The van der Waals surface area contributed by atoms with E-state index in [1.807, 2.05) is 0 Å². The molecule has 134 valence electrons. The van der Waals surface area contributed by atoms with Crippen molar-refractivity contribution in [1.29, 1.82) is 0 Å². The zero-order valence-corrected chi connectivity index (χ0v) is 14.5. The van der Waals surface area contributed by atoms with Crippen LogP contribution in [-0.4, -0.2) is 22.8 Å². The maximum Gasteiger partial charge on any atom is 0.347 e. The Bertz CT molecular complexity index is 1090. The Morgan fingerprint density at radius 1 is 1.27 bits per heavy atom. The number of rotatable bonds is 3. The molecule has 3 rings (SSSR count). The van der Waals surface area contributed by atoms with Crippen LogP contribution in [-0.2, 0) is 11.8 Å². The van der Waals surface area contributed by atoms with Gasteiger partial charge in [-0.3, -0.25) is 4.79 Å². The number of fused-ring (bicyclic) bond motifs is 1. The molecule has 1 heterocycles. The lowest BCUT2D eigenvalue weighted by Crippen LogP contribution is -2.25. The number of aromatic hydroxyl groups is 1. The first-order chi connectivity index (χ1) is 12.3. The molecule has 0 unspecified atom stereocenters. The van der Waals surface area contributed by atoms with E-state index in [-0.39, 0.29) is 21.9 Å². The molecule has 1 N–H and O–H groups in total. The van der Waals surface area contributed by atoms with Gasteiger partial charge in [0.15, 0.2) is 17.1 Å². The molecule has 0 radical (unpaired) electrons. The second-order valence-electron chi connectivity index (χ2n) is 5.41. The lowest BCUT2D eigenvalue weighted by Gasteiger charge is -2.13. The highest BCUT2D eigenvalue weighted by Crippen LogP contribution is 2.33. The fourth-order valence-corrected chi connectivity index (χ4v) is 2.71. The van der Waals surface area contributed by atoms with Gasteiger partial charge in [-0.1, -0.05) is 17.7 Å². The van der Waals surface area contributed by atoms with Crippen molar-refractivity contribution in [3.63, 3.8) is 0 Å². The van der Waals surface area contributed by atoms with E-state index in [2.05, 4.69) is 4.74 Å². The monoisotopic (exact) mass is 377 g/mol. The van der Waals surface area contributed by atoms with Gasteiger partial charge in [0.2, 0.25) is 0 Å². The number of nitrogens with zero attached hydrogens (tertiary/aromatic N) is 1. The minimum atomic E-state index is -0.939. The molecule has 0 saturated carbocycles. The minimum absolute atomic E-state index is 0.0859. The van der Waals surface area contributed by atoms with Crippen LogP contribution >= 0.6 is 11.6 Å². The Balaban J connectivity index is 2.15. The number of aromatic nitrogens is 1. The second kappa shape index (κ2) is 6.68. The second-order valence-corrected chi connectivity index (χ2v) is 5.82. The zero-order chi connectivity index (χ0) is 19.0. The Kier molecular flexibility index (Phi) is 4.56. The minimum Gasteiger partial charge on any atom is -0.506 e. The van der Waals surface area contributed by atoms with Crippen molar-refractivity contribution in [1.82, 2.24) is 4.57 Å². The van der Waals surface area contributed by atoms with Gasteiger partial charge in [0.25, 0.3) is 5.56 Å². The molecule has 1 aromatic heterocycles. The van der Waals surface area contributed by atoms with E-state index in [4.69, 9.17) is 16.3 Å². The lowest BCUT2D eigenvalue weighted by molar-refractivity contribution is 0.0595. The number of esters is 1. The molecule has 0 aliphatic heterocycles. The van der Waals surface area contributed by atoms with Gasteiger partial charge in [-0.15, -0.1) is 0 Å². The van der Waals surface area contributed by atoms with Crippen LogP contribution in [0.4, 0.5) is 4.39 Å². The topological polar surface area (TPSA) is 77.8 Å². The van der Waals surface area contributed by atoms with Gasteiger partial charge in [0.1, 0.15) is 11.5 Å². The number of carbonyl (C=O) groups is 1. The summed E-state index contributed by atoms with van der Waals surface area (Å²) in [5, 5.41) is 10.4. The third-order valence-corrected chi connectivity index (χ3v) is 4.17. The quantitative estimate of drug-likeness (QED) is 0.705. The third kappa shape index (κ3) is 2.86. The molecule has 0 fully saturated rings. The molecule has 2 aromatic carbocycles. The normalized spacial score (nSPS) is 10.8. The molecule has 0 aliphatic rings. The summed E-state index contributed by atoms with van der Waals surface area (Å²) < 4.78 is 25.2. The van der Waals surface area contributed by atoms with Crippen molar-refractivity contribution in [3.8, 4) is 17.2 Å². The van der Waals surface area contributed by atoms with Gasteiger partial charge in [0, 0.05) is 18.5 Å². The molecule has 6 nitrogen and oxygen atoms in total. The number of hydrogen-bond donors (Lipinski definition) is 1. The summed E-state index contributed by atoms with van der Waals surface area (Å²) in [6.07, 6.45) is 0. The van der Waals surface area contributed by atoms with Gasteiger partial charge in [-0.25, -0.2) is 9.18 Å². The number of ether oxygens (including phenoxy) is 2. The zero-order valence-electron chi connectivity index (χ0n) is 13.7. The van der Waals surface area contributed by atoms with Gasteiger partial charge in [0.05, 0.1) is 17.6 Å². The lowest BCUT2D eigenvalue weighted by atomic mass is 10.1. The molecule has 3 aromatic rings. The standard InChI is InChI=1S/C18H13ClFNO5/c1-21-12-8-9(26-13-5-3-4-11(19)15(13)20)6-7-10(12)16(22)14(17(21)23)18(24)25-2/h3-8,22H,1-2H3. The molecular formula is C18H13ClFNO5. The Morgan fingerprint density at radius 3 is 2.69 bits per heavy atom. The Morgan fingerprint density at radius 2 is 2.00 bits per heavy atom. The Hall–Kier alpha value is -3.06. The molecule has 0 aliphatic carbocycles. The molecule has 26 heavy (non-hydrogen) atoms. The summed E-state index contributed by atoms with van der Waals surface area (Å²) in [5.41, 5.74) is -0.898. The largest absolute Gasteiger partial charge is 0.506 e. The van der Waals surface area contributed by atoms with Crippen molar-refractivity contribution in [3.05, 3.63) is 63.2 Å². The molecule has 0 amide bonds. The van der Waals surface area contributed by atoms with Gasteiger partial charge in [-0.05, 0) is 24.3 Å². The fourth-order valence-electron chi connectivity index (χ4n) is 2.54. The smallest absolute Gasteiger partial charge is 0.347 e. The summed E-state index contributed by atoms with van der Waals surface area (Å²) in [7, 11) is 2.54. The number of aryl methyl sites for hydroxylation is 1. The van der Waals surface area contributed by atoms with Crippen LogP contribution in [0.3, 0.4) is 0 Å². The highest BCUT2D eigenvalue weighted by molar-refractivity contribution is 6.30. The van der Waals surface area contributed by atoms with Crippen molar-refractivity contribution >= 4 is 28.5 Å². The number of benzene rings is 2. The van der Waals surface area contributed by atoms with Crippen LogP contribution in [0.2, 0.25) is 5.02 Å². The maximum absolute atomic E-state index is 14.0. The van der Waals surface area contributed by atoms with Gasteiger partial charge >= 0.3 is 5.97 Å². The van der Waals surface area contributed by atoms with Crippen LogP contribution in [0, 0.1) is 5.82 Å². The molecular weight excluding hydrogens is 365 g/mol. The highest BCUT2D eigenvalue weighted by atomic mass is 35.5. The highest BCUT2D eigenvalue weighted by Gasteiger charge is 2.22. The first-order valence-electron chi connectivity index (χ1n) is 7.41. The number of pyridine rings is 1. The van der Waals surface area contributed by atoms with Crippen molar-refractivity contribution in [2.45, 2.75) is 0 Å². The van der Waals surface area contributed by atoms with E-state index in [9.17, 15) is 19.1 Å². The first kappa shape index (κ1) is 17.8. The Labute approximate surface area is 152 Å². The van der Waals surface area contributed by atoms with Crippen molar-refractivity contribution < 1.29 is 23.8 Å². The predicted octanol–water partition coefficient (Wildman–Crippen LogP) is 3.62. The third-order valence-electron chi connectivity index (χ3n) is 3.87. The first-order valence-corrected chi connectivity index (χ1v) is 7.78. The van der Waals surface area contributed by atoms with Crippen LogP contribution in [0.15, 0.2) is 41.2 Å². The van der Waals surface area contributed by atoms with Crippen molar-refractivity contribution in [2.75, 3.05) is 7.11 Å². The average Bonchev–Trinajstić information content (AvgIpc) is 2.63. The molecule has 0 spiro atoms. The van der Waals surface area contributed by atoms with E-state index in [1.165, 1.54) is 48.0 Å². The van der Waals surface area contributed by atoms with E-state index >= 15 is 0 Å². The van der Waals surface area contributed by atoms with E-state index < -0.39 is 28.7 Å². The summed E-state index contributed by atoms with van der Waals surface area (Å²) in [6.45, 7) is 0. The summed E-state index contributed by atoms with van der Waals surface area (Å²) in [6, 6.07) is 8.69. The predicted molar refractivity (Wildman–Crippen MR) is 93.7 cm³/mol. The molecule has 8 heteroatoms. The van der Waals surface area contributed by atoms with E-state index in [0.717, 1.165) is 7.11 Å². The maximum atomic E-state index is 14.0. The molecule has 0 bridgehead atoms. The molecule has 0 atom stereocenters.